The van der Waals surface area contributed by atoms with E-state index in [-0.39, 0.29) is 11.9 Å². The van der Waals surface area contributed by atoms with E-state index in [0.29, 0.717) is 29.8 Å². The van der Waals surface area contributed by atoms with Crippen molar-refractivity contribution in [2.45, 2.75) is 31.3 Å². The highest BCUT2D eigenvalue weighted by molar-refractivity contribution is 6.29. The molecule has 1 aromatic rings. The average Bonchev–Trinajstić information content (AvgIpc) is 3.01. The van der Waals surface area contributed by atoms with Crippen LogP contribution in [0.4, 0.5) is 0 Å². The lowest BCUT2D eigenvalue weighted by Crippen LogP contribution is -2.48. The van der Waals surface area contributed by atoms with Gasteiger partial charge in [0.25, 0.3) is 0 Å². The van der Waals surface area contributed by atoms with Crippen molar-refractivity contribution >= 4 is 17.5 Å². The van der Waals surface area contributed by atoms with Crippen LogP contribution < -0.4 is 5.32 Å². The van der Waals surface area contributed by atoms with Gasteiger partial charge in [0.15, 0.2) is 5.15 Å². The van der Waals surface area contributed by atoms with Crippen LogP contribution in [0.15, 0.2) is 10.6 Å². The third-order valence-electron chi connectivity index (χ3n) is 4.31. The number of carbonyl (C=O) groups is 1. The van der Waals surface area contributed by atoms with Crippen LogP contribution in [0.1, 0.15) is 18.6 Å². The molecule has 2 saturated heterocycles. The molecule has 2 atom stereocenters. The second kappa shape index (κ2) is 6.34. The highest BCUT2D eigenvalue weighted by atomic mass is 35.5. The molecule has 1 amide bonds. The molecule has 0 bridgehead atoms. The molecule has 7 heteroatoms. The molecule has 116 valence electrons. The predicted molar refractivity (Wildman–Crippen MR) is 79.2 cm³/mol. The Morgan fingerprint density at radius 2 is 2.38 bits per heavy atom. The van der Waals surface area contributed by atoms with E-state index in [9.17, 15) is 4.79 Å². The Morgan fingerprint density at radius 3 is 3.14 bits per heavy atom. The summed E-state index contributed by atoms with van der Waals surface area (Å²) in [5.41, 5.74) is 0. The maximum atomic E-state index is 12.0. The monoisotopic (exact) mass is 312 g/mol. The molecule has 0 saturated carbocycles. The largest absolute Gasteiger partial charge is 0.360 e. The molecule has 2 aliphatic heterocycles. The molecule has 1 N–H and O–H groups in total. The third-order valence-corrected chi connectivity index (χ3v) is 4.49. The Bertz CT molecular complexity index is 507. The Morgan fingerprint density at radius 1 is 1.52 bits per heavy atom. The number of rotatable bonds is 4. The first-order chi connectivity index (χ1) is 10.1. The highest BCUT2D eigenvalue weighted by Gasteiger charge is 2.35. The van der Waals surface area contributed by atoms with Gasteiger partial charge in [0.1, 0.15) is 5.76 Å². The molecule has 0 aromatic carbocycles. The van der Waals surface area contributed by atoms with Gasteiger partial charge in [-0.2, -0.15) is 0 Å². The number of hydrogen-bond acceptors (Lipinski definition) is 5. The second-order valence-corrected chi connectivity index (χ2v) is 6.41. The lowest BCUT2D eigenvalue weighted by Gasteiger charge is -2.34. The number of likely N-dealkylation sites (N-methyl/N-ethyl adjacent to an activating group) is 1. The predicted octanol–water partition coefficient (Wildman–Crippen LogP) is 0.765. The number of amides is 1. The summed E-state index contributed by atoms with van der Waals surface area (Å²) in [7, 11) is 2.16. The molecule has 0 radical (unpaired) electrons. The fourth-order valence-electron chi connectivity index (χ4n) is 3.24. The van der Waals surface area contributed by atoms with Crippen molar-refractivity contribution in [3.8, 4) is 0 Å². The van der Waals surface area contributed by atoms with Crippen molar-refractivity contribution in [3.63, 3.8) is 0 Å². The summed E-state index contributed by atoms with van der Waals surface area (Å²) in [6.07, 6.45) is 1.99. The Hall–Kier alpha value is -1.11. The van der Waals surface area contributed by atoms with Gasteiger partial charge in [0, 0.05) is 57.2 Å². The molecule has 1 aromatic heterocycles. The van der Waals surface area contributed by atoms with Gasteiger partial charge in [-0.25, -0.2) is 0 Å². The molecular weight excluding hydrogens is 292 g/mol. The lowest BCUT2D eigenvalue weighted by molar-refractivity contribution is -0.121. The summed E-state index contributed by atoms with van der Waals surface area (Å²) < 4.78 is 5.00. The van der Waals surface area contributed by atoms with Gasteiger partial charge >= 0.3 is 0 Å². The van der Waals surface area contributed by atoms with Gasteiger partial charge in [-0.05, 0) is 13.5 Å². The Kier molecular flexibility index (Phi) is 4.47. The van der Waals surface area contributed by atoms with Gasteiger partial charge in [-0.1, -0.05) is 16.8 Å². The number of aromatic nitrogens is 1. The Balaban J connectivity index is 1.43. The first kappa shape index (κ1) is 14.8. The van der Waals surface area contributed by atoms with Crippen LogP contribution in [-0.4, -0.2) is 66.2 Å². The molecule has 6 nitrogen and oxygen atoms in total. The van der Waals surface area contributed by atoms with Crippen molar-refractivity contribution in [2.24, 2.45) is 0 Å². The van der Waals surface area contributed by atoms with Crippen molar-refractivity contribution in [1.82, 2.24) is 20.3 Å². The van der Waals surface area contributed by atoms with Crippen LogP contribution in [0.2, 0.25) is 5.15 Å². The van der Waals surface area contributed by atoms with E-state index < -0.39 is 0 Å². The van der Waals surface area contributed by atoms with Crippen LogP contribution >= 0.6 is 11.6 Å². The molecule has 3 heterocycles. The minimum Gasteiger partial charge on any atom is -0.360 e. The average molecular weight is 313 g/mol. The third kappa shape index (κ3) is 3.75. The highest BCUT2D eigenvalue weighted by Crippen LogP contribution is 2.21. The normalized spacial score (nSPS) is 26.8. The number of hydrogen-bond donors (Lipinski definition) is 1. The zero-order valence-electron chi connectivity index (χ0n) is 12.2. The van der Waals surface area contributed by atoms with E-state index in [1.807, 2.05) is 0 Å². The van der Waals surface area contributed by atoms with E-state index in [4.69, 9.17) is 16.1 Å². The standard InChI is InChI=1S/C14H21ClN4O2/c1-18-4-5-19-8-10(6-11(19)9-18)16-14(20)3-2-12-7-13(15)17-21-12/h7,10-11H,2-6,8-9H2,1H3,(H,16,20)/t10-,11-/m0/s1. The topological polar surface area (TPSA) is 61.6 Å². The smallest absolute Gasteiger partial charge is 0.220 e. The molecule has 0 unspecified atom stereocenters. The Labute approximate surface area is 129 Å². The molecule has 0 spiro atoms. The van der Waals surface area contributed by atoms with Crippen LogP contribution in [0.5, 0.6) is 0 Å². The van der Waals surface area contributed by atoms with Crippen LogP contribution in [-0.2, 0) is 11.2 Å². The fourth-order valence-corrected chi connectivity index (χ4v) is 3.40. The fraction of sp³-hybridized carbons (Fsp3) is 0.714. The zero-order chi connectivity index (χ0) is 14.8. The van der Waals surface area contributed by atoms with Crippen molar-refractivity contribution in [1.29, 1.82) is 0 Å². The molecule has 2 fully saturated rings. The van der Waals surface area contributed by atoms with E-state index in [1.165, 1.54) is 0 Å². The first-order valence-electron chi connectivity index (χ1n) is 7.43. The summed E-state index contributed by atoms with van der Waals surface area (Å²) in [4.78, 5) is 16.9. The molecular formula is C14H21ClN4O2. The summed E-state index contributed by atoms with van der Waals surface area (Å²) in [6, 6.07) is 2.51. The number of aryl methyl sites for hydroxylation is 1. The van der Waals surface area contributed by atoms with E-state index in [1.54, 1.807) is 6.07 Å². The first-order valence-corrected chi connectivity index (χ1v) is 7.81. The quantitative estimate of drug-likeness (QED) is 0.889. The summed E-state index contributed by atoms with van der Waals surface area (Å²) in [5.74, 6) is 0.723. The van der Waals surface area contributed by atoms with Crippen LogP contribution in [0.25, 0.3) is 0 Å². The number of nitrogens with one attached hydrogen (secondary N) is 1. The number of piperazine rings is 1. The number of nitrogens with zero attached hydrogens (tertiary/aromatic N) is 3. The van der Waals surface area contributed by atoms with E-state index in [0.717, 1.165) is 32.6 Å². The number of carbonyl (C=O) groups excluding carboxylic acids is 1. The van der Waals surface area contributed by atoms with Gasteiger partial charge in [0.2, 0.25) is 5.91 Å². The maximum absolute atomic E-state index is 12.0. The summed E-state index contributed by atoms with van der Waals surface area (Å²) in [6.45, 7) is 4.29. The second-order valence-electron chi connectivity index (χ2n) is 6.03. The summed E-state index contributed by atoms with van der Waals surface area (Å²) >= 11 is 5.68. The van der Waals surface area contributed by atoms with Crippen molar-refractivity contribution < 1.29 is 9.32 Å². The minimum atomic E-state index is 0.0701. The summed E-state index contributed by atoms with van der Waals surface area (Å²) in [5, 5.41) is 7.07. The van der Waals surface area contributed by atoms with Crippen molar-refractivity contribution in [2.75, 3.05) is 33.2 Å². The maximum Gasteiger partial charge on any atom is 0.220 e. The minimum absolute atomic E-state index is 0.0701. The van der Waals surface area contributed by atoms with Gasteiger partial charge in [-0.3, -0.25) is 9.69 Å². The molecule has 2 aliphatic rings. The lowest BCUT2D eigenvalue weighted by atomic mass is 10.1. The van der Waals surface area contributed by atoms with Crippen molar-refractivity contribution in [3.05, 3.63) is 17.0 Å². The molecule has 3 rings (SSSR count). The SMILES string of the molecule is CN1CCN2C[C@@H](NC(=O)CCc3cc(Cl)no3)C[C@H]2C1. The van der Waals surface area contributed by atoms with Gasteiger partial charge < -0.3 is 14.7 Å². The van der Waals surface area contributed by atoms with Gasteiger partial charge in [0.05, 0.1) is 0 Å². The molecule has 0 aliphatic carbocycles. The zero-order valence-corrected chi connectivity index (χ0v) is 13.0. The van der Waals surface area contributed by atoms with Crippen LogP contribution in [0, 0.1) is 0 Å². The van der Waals surface area contributed by atoms with Gasteiger partial charge in [-0.15, -0.1) is 0 Å². The van der Waals surface area contributed by atoms with E-state index >= 15 is 0 Å². The van der Waals surface area contributed by atoms with E-state index in [2.05, 4.69) is 27.3 Å². The molecule has 21 heavy (non-hydrogen) atoms. The number of halogens is 1. The van der Waals surface area contributed by atoms with Crippen LogP contribution in [0.3, 0.4) is 0 Å². The number of fused-ring (bicyclic) bond motifs is 1.